The highest BCUT2D eigenvalue weighted by atomic mass is 79.9. The first-order chi connectivity index (χ1) is 6.59. The molecule has 0 spiro atoms. The highest BCUT2D eigenvalue weighted by molar-refractivity contribution is 9.10. The Labute approximate surface area is 91.3 Å². The van der Waals surface area contributed by atoms with Gasteiger partial charge in [0, 0.05) is 16.7 Å². The van der Waals surface area contributed by atoms with Crippen molar-refractivity contribution in [2.75, 3.05) is 11.9 Å². The topological polar surface area (TPSA) is 32.3 Å². The Morgan fingerprint density at radius 3 is 2.86 bits per heavy atom. The first-order valence-electron chi connectivity index (χ1n) is 4.46. The minimum Gasteiger partial charge on any atom is -0.393 e. The average molecular weight is 262 g/mol. The second-order valence-corrected chi connectivity index (χ2v) is 4.04. The van der Waals surface area contributed by atoms with Gasteiger partial charge < -0.3 is 10.4 Å². The molecule has 1 aromatic carbocycles. The van der Waals surface area contributed by atoms with Gasteiger partial charge in [0.25, 0.3) is 0 Å². The number of halogens is 2. The van der Waals surface area contributed by atoms with E-state index in [1.807, 2.05) is 0 Å². The molecule has 0 amide bonds. The van der Waals surface area contributed by atoms with Crippen LogP contribution in [0.25, 0.3) is 0 Å². The van der Waals surface area contributed by atoms with Crippen LogP contribution in [0.2, 0.25) is 0 Å². The van der Waals surface area contributed by atoms with Gasteiger partial charge in [-0.05, 0) is 47.5 Å². The van der Waals surface area contributed by atoms with Crippen LogP contribution in [0, 0.1) is 5.82 Å². The molecule has 0 aromatic heterocycles. The number of rotatable bonds is 4. The Balaban J connectivity index is 2.51. The molecule has 1 atom stereocenters. The Hall–Kier alpha value is -0.610. The molecule has 0 saturated heterocycles. The smallest absolute Gasteiger partial charge is 0.124 e. The minimum atomic E-state index is -0.318. The summed E-state index contributed by atoms with van der Waals surface area (Å²) >= 11 is 3.25. The number of nitrogens with one attached hydrogen (secondary N) is 1. The zero-order valence-electron chi connectivity index (χ0n) is 7.93. The molecule has 0 aliphatic heterocycles. The summed E-state index contributed by atoms with van der Waals surface area (Å²) in [4.78, 5) is 0. The fraction of sp³-hybridized carbons (Fsp3) is 0.400. The SMILES string of the molecule is CC(O)CCNc1ccc(F)cc1Br. The zero-order chi connectivity index (χ0) is 10.6. The summed E-state index contributed by atoms with van der Waals surface area (Å²) in [6.07, 6.45) is 0.353. The number of benzene rings is 1. The van der Waals surface area contributed by atoms with Gasteiger partial charge in [-0.3, -0.25) is 0 Å². The van der Waals surface area contributed by atoms with Gasteiger partial charge in [0.2, 0.25) is 0 Å². The van der Waals surface area contributed by atoms with Crippen LogP contribution in [0.3, 0.4) is 0 Å². The third-order valence-electron chi connectivity index (χ3n) is 1.81. The minimum absolute atomic E-state index is 0.266. The van der Waals surface area contributed by atoms with E-state index in [-0.39, 0.29) is 11.9 Å². The van der Waals surface area contributed by atoms with Crippen LogP contribution in [0.1, 0.15) is 13.3 Å². The molecule has 0 aliphatic rings. The van der Waals surface area contributed by atoms with E-state index in [0.29, 0.717) is 17.4 Å². The van der Waals surface area contributed by atoms with Crippen molar-refractivity contribution in [3.63, 3.8) is 0 Å². The van der Waals surface area contributed by atoms with Crippen LogP contribution in [-0.2, 0) is 0 Å². The summed E-state index contributed by atoms with van der Waals surface area (Å²) in [6, 6.07) is 4.47. The van der Waals surface area contributed by atoms with Crippen LogP contribution in [0.4, 0.5) is 10.1 Å². The maximum atomic E-state index is 12.7. The fourth-order valence-corrected chi connectivity index (χ4v) is 1.54. The van der Waals surface area contributed by atoms with Crippen LogP contribution in [-0.4, -0.2) is 17.8 Å². The van der Waals surface area contributed by atoms with Crippen LogP contribution in [0.5, 0.6) is 0 Å². The van der Waals surface area contributed by atoms with Crippen LogP contribution < -0.4 is 5.32 Å². The lowest BCUT2D eigenvalue weighted by molar-refractivity contribution is 0.189. The summed E-state index contributed by atoms with van der Waals surface area (Å²) < 4.78 is 13.4. The second-order valence-electron chi connectivity index (χ2n) is 3.19. The van der Waals surface area contributed by atoms with Crippen LogP contribution >= 0.6 is 15.9 Å². The monoisotopic (exact) mass is 261 g/mol. The normalized spacial score (nSPS) is 12.6. The third-order valence-corrected chi connectivity index (χ3v) is 2.46. The highest BCUT2D eigenvalue weighted by Crippen LogP contribution is 2.22. The Kier molecular flexibility index (Phi) is 4.35. The Morgan fingerprint density at radius 1 is 1.57 bits per heavy atom. The number of anilines is 1. The summed E-state index contributed by atoms with van der Waals surface area (Å²) in [6.45, 7) is 2.41. The van der Waals surface area contributed by atoms with Crippen molar-refractivity contribution in [1.29, 1.82) is 0 Å². The van der Waals surface area contributed by atoms with Crippen molar-refractivity contribution in [3.05, 3.63) is 28.5 Å². The van der Waals surface area contributed by atoms with Gasteiger partial charge >= 0.3 is 0 Å². The van der Waals surface area contributed by atoms with Crippen molar-refractivity contribution >= 4 is 21.6 Å². The van der Waals surface area contributed by atoms with E-state index >= 15 is 0 Å². The fourth-order valence-electron chi connectivity index (χ4n) is 1.05. The Bertz CT molecular complexity index is 304. The zero-order valence-corrected chi connectivity index (χ0v) is 9.51. The number of hydrogen-bond acceptors (Lipinski definition) is 2. The predicted molar refractivity (Wildman–Crippen MR) is 58.9 cm³/mol. The van der Waals surface area contributed by atoms with Crippen molar-refractivity contribution in [2.24, 2.45) is 0 Å². The second kappa shape index (κ2) is 5.32. The molecular formula is C10H13BrFNO. The molecule has 2 nitrogen and oxygen atoms in total. The van der Waals surface area contributed by atoms with E-state index in [1.54, 1.807) is 13.0 Å². The standard InChI is InChI=1S/C10H13BrFNO/c1-7(14)4-5-13-10-3-2-8(12)6-9(10)11/h2-3,6-7,13-14H,4-5H2,1H3. The maximum absolute atomic E-state index is 12.7. The van der Waals surface area contributed by atoms with Crippen molar-refractivity contribution in [1.82, 2.24) is 0 Å². The molecule has 0 bridgehead atoms. The molecule has 4 heteroatoms. The molecule has 1 unspecified atom stereocenters. The molecule has 14 heavy (non-hydrogen) atoms. The van der Waals surface area contributed by atoms with Gasteiger partial charge in [0.1, 0.15) is 5.82 Å². The molecule has 1 rings (SSSR count). The molecule has 0 saturated carbocycles. The lowest BCUT2D eigenvalue weighted by atomic mass is 10.2. The van der Waals surface area contributed by atoms with Gasteiger partial charge in [0.15, 0.2) is 0 Å². The van der Waals surface area contributed by atoms with E-state index in [1.165, 1.54) is 12.1 Å². The van der Waals surface area contributed by atoms with E-state index < -0.39 is 0 Å². The van der Waals surface area contributed by atoms with Gasteiger partial charge in [-0.25, -0.2) is 4.39 Å². The maximum Gasteiger partial charge on any atom is 0.124 e. The molecule has 0 radical (unpaired) electrons. The summed E-state index contributed by atoms with van der Waals surface area (Å²) in [5.74, 6) is -0.266. The first-order valence-corrected chi connectivity index (χ1v) is 5.26. The number of hydrogen-bond donors (Lipinski definition) is 2. The van der Waals surface area contributed by atoms with E-state index in [2.05, 4.69) is 21.2 Å². The lowest BCUT2D eigenvalue weighted by Gasteiger charge is -2.09. The molecular weight excluding hydrogens is 249 g/mol. The summed E-state index contributed by atoms with van der Waals surface area (Å²) in [5, 5.41) is 12.1. The van der Waals surface area contributed by atoms with Crippen molar-refractivity contribution in [3.8, 4) is 0 Å². The molecule has 1 aromatic rings. The summed E-state index contributed by atoms with van der Waals surface area (Å²) in [7, 11) is 0. The van der Waals surface area contributed by atoms with Gasteiger partial charge in [-0.15, -0.1) is 0 Å². The summed E-state index contributed by atoms with van der Waals surface area (Å²) in [5.41, 5.74) is 0.840. The van der Waals surface area contributed by atoms with E-state index in [4.69, 9.17) is 5.11 Å². The number of aliphatic hydroxyl groups excluding tert-OH is 1. The van der Waals surface area contributed by atoms with Crippen molar-refractivity contribution in [2.45, 2.75) is 19.4 Å². The third kappa shape index (κ3) is 3.64. The van der Waals surface area contributed by atoms with Gasteiger partial charge in [-0.2, -0.15) is 0 Å². The van der Waals surface area contributed by atoms with E-state index in [0.717, 1.165) is 5.69 Å². The van der Waals surface area contributed by atoms with Gasteiger partial charge in [-0.1, -0.05) is 0 Å². The Morgan fingerprint density at radius 2 is 2.29 bits per heavy atom. The molecule has 0 fully saturated rings. The first kappa shape index (κ1) is 11.5. The molecule has 0 aliphatic carbocycles. The lowest BCUT2D eigenvalue weighted by Crippen LogP contribution is -2.09. The largest absolute Gasteiger partial charge is 0.393 e. The average Bonchev–Trinajstić information content (AvgIpc) is 2.08. The van der Waals surface area contributed by atoms with Crippen molar-refractivity contribution < 1.29 is 9.50 Å². The predicted octanol–water partition coefficient (Wildman–Crippen LogP) is 2.77. The highest BCUT2D eigenvalue weighted by Gasteiger charge is 2.01. The molecule has 78 valence electrons. The molecule has 2 N–H and O–H groups in total. The molecule has 0 heterocycles. The van der Waals surface area contributed by atoms with Crippen LogP contribution in [0.15, 0.2) is 22.7 Å². The number of aliphatic hydroxyl groups is 1. The quantitative estimate of drug-likeness (QED) is 0.874. The van der Waals surface area contributed by atoms with Gasteiger partial charge in [0.05, 0.1) is 6.10 Å². The van der Waals surface area contributed by atoms with E-state index in [9.17, 15) is 4.39 Å².